The summed E-state index contributed by atoms with van der Waals surface area (Å²) in [6.45, 7) is 8.89. The number of nitrogens with two attached hydrogens (primary N) is 1. The fourth-order valence-electron chi connectivity index (χ4n) is 1.71. The molecule has 1 aromatic rings. The second kappa shape index (κ2) is 5.19. The van der Waals surface area contributed by atoms with E-state index in [1.54, 1.807) is 0 Å². The molecule has 0 saturated carbocycles. The van der Waals surface area contributed by atoms with Crippen molar-refractivity contribution in [2.75, 3.05) is 5.73 Å². The fraction of sp³-hybridized carbons (Fsp3) is 0.750. The fourth-order valence-corrected chi connectivity index (χ4v) is 1.71. The summed E-state index contributed by atoms with van der Waals surface area (Å²) in [6.07, 6.45) is 3.27. The van der Waals surface area contributed by atoms with Crippen molar-refractivity contribution in [3.8, 4) is 0 Å². The van der Waals surface area contributed by atoms with Crippen LogP contribution < -0.4 is 5.73 Å². The molecule has 0 spiro atoms. The number of aromatic nitrogens is 2. The lowest BCUT2D eigenvalue weighted by atomic mass is 9.96. The Balaban J connectivity index is 2.78. The van der Waals surface area contributed by atoms with Crippen molar-refractivity contribution in [2.24, 2.45) is 11.8 Å². The van der Waals surface area contributed by atoms with Gasteiger partial charge in [0.05, 0.1) is 0 Å². The molecule has 3 nitrogen and oxygen atoms in total. The predicted molar refractivity (Wildman–Crippen MR) is 64.7 cm³/mol. The highest BCUT2D eigenvalue weighted by Crippen LogP contribution is 2.21. The van der Waals surface area contributed by atoms with Crippen LogP contribution in [0.3, 0.4) is 0 Å². The summed E-state index contributed by atoms with van der Waals surface area (Å²) in [6, 6.07) is 0. The standard InChI is InChI=1S/C12H23N3/c1-5-9(4)7-11-10(6-8(2)3)12(13)15-14-11/h8-9H,5-7H2,1-4H3,(H3,13,14,15). The molecule has 15 heavy (non-hydrogen) atoms. The molecule has 0 aromatic carbocycles. The van der Waals surface area contributed by atoms with Crippen LogP contribution in [-0.2, 0) is 12.8 Å². The molecule has 0 fully saturated rings. The summed E-state index contributed by atoms with van der Waals surface area (Å²) < 4.78 is 0. The maximum absolute atomic E-state index is 5.86. The van der Waals surface area contributed by atoms with Crippen LogP contribution in [0, 0.1) is 11.8 Å². The van der Waals surface area contributed by atoms with E-state index in [2.05, 4.69) is 37.9 Å². The van der Waals surface area contributed by atoms with Gasteiger partial charge in [0.15, 0.2) is 0 Å². The Kier molecular flexibility index (Phi) is 4.18. The van der Waals surface area contributed by atoms with Gasteiger partial charge in [-0.25, -0.2) is 0 Å². The van der Waals surface area contributed by atoms with Crippen molar-refractivity contribution in [1.82, 2.24) is 10.2 Å². The van der Waals surface area contributed by atoms with E-state index in [0.717, 1.165) is 12.8 Å². The van der Waals surface area contributed by atoms with Crippen LogP contribution >= 0.6 is 0 Å². The van der Waals surface area contributed by atoms with Gasteiger partial charge in [0, 0.05) is 11.3 Å². The van der Waals surface area contributed by atoms with E-state index in [1.165, 1.54) is 17.7 Å². The predicted octanol–water partition coefficient (Wildman–Crippen LogP) is 2.78. The van der Waals surface area contributed by atoms with Crippen LogP contribution in [0.5, 0.6) is 0 Å². The van der Waals surface area contributed by atoms with Gasteiger partial charge in [0.2, 0.25) is 0 Å². The van der Waals surface area contributed by atoms with E-state index < -0.39 is 0 Å². The number of anilines is 1. The van der Waals surface area contributed by atoms with E-state index in [0.29, 0.717) is 17.7 Å². The number of hydrogen-bond acceptors (Lipinski definition) is 2. The van der Waals surface area contributed by atoms with E-state index in [9.17, 15) is 0 Å². The zero-order chi connectivity index (χ0) is 11.4. The number of hydrogen-bond donors (Lipinski definition) is 2. The molecule has 0 amide bonds. The molecule has 1 unspecified atom stereocenters. The largest absolute Gasteiger partial charge is 0.382 e. The average molecular weight is 209 g/mol. The highest BCUT2D eigenvalue weighted by atomic mass is 15.2. The van der Waals surface area contributed by atoms with Crippen molar-refractivity contribution in [2.45, 2.75) is 47.0 Å². The minimum atomic E-state index is 0.626. The Bertz CT molecular complexity index is 302. The number of nitrogen functional groups attached to an aromatic ring is 1. The maximum Gasteiger partial charge on any atom is 0.148 e. The smallest absolute Gasteiger partial charge is 0.148 e. The first-order valence-corrected chi connectivity index (χ1v) is 5.86. The van der Waals surface area contributed by atoms with Gasteiger partial charge in [-0.3, -0.25) is 5.10 Å². The molecule has 0 aliphatic heterocycles. The summed E-state index contributed by atoms with van der Waals surface area (Å²) in [5, 5.41) is 7.18. The van der Waals surface area contributed by atoms with Gasteiger partial charge < -0.3 is 5.73 Å². The second-order valence-corrected chi connectivity index (χ2v) is 4.88. The lowest BCUT2D eigenvalue weighted by Gasteiger charge is -2.10. The van der Waals surface area contributed by atoms with Gasteiger partial charge in [-0.1, -0.05) is 34.1 Å². The molecule has 1 atom stereocenters. The maximum atomic E-state index is 5.86. The molecular weight excluding hydrogens is 186 g/mol. The monoisotopic (exact) mass is 209 g/mol. The lowest BCUT2D eigenvalue weighted by Crippen LogP contribution is -2.04. The number of H-pyrrole nitrogens is 1. The molecule has 1 rings (SSSR count). The molecule has 0 saturated heterocycles. The molecule has 3 N–H and O–H groups in total. The van der Waals surface area contributed by atoms with E-state index in [1.807, 2.05) is 0 Å². The van der Waals surface area contributed by atoms with E-state index >= 15 is 0 Å². The SMILES string of the molecule is CCC(C)Cc1[nH]nc(N)c1CC(C)C. The first kappa shape index (κ1) is 12.1. The van der Waals surface area contributed by atoms with Gasteiger partial charge in [-0.15, -0.1) is 0 Å². The average Bonchev–Trinajstić information content (AvgIpc) is 2.49. The molecule has 1 aromatic heterocycles. The zero-order valence-corrected chi connectivity index (χ0v) is 10.3. The van der Waals surface area contributed by atoms with Gasteiger partial charge in [0.1, 0.15) is 5.82 Å². The quantitative estimate of drug-likeness (QED) is 0.783. The summed E-state index contributed by atoms with van der Waals surface area (Å²) in [5.74, 6) is 2.00. The van der Waals surface area contributed by atoms with Crippen LogP contribution in [0.2, 0.25) is 0 Å². The number of rotatable bonds is 5. The summed E-state index contributed by atoms with van der Waals surface area (Å²) in [5.41, 5.74) is 8.32. The molecule has 0 bridgehead atoms. The normalized spacial score (nSPS) is 13.4. The summed E-state index contributed by atoms with van der Waals surface area (Å²) in [4.78, 5) is 0. The second-order valence-electron chi connectivity index (χ2n) is 4.88. The van der Waals surface area contributed by atoms with Crippen LogP contribution in [0.25, 0.3) is 0 Å². The third-order valence-electron chi connectivity index (χ3n) is 2.85. The van der Waals surface area contributed by atoms with Crippen molar-refractivity contribution >= 4 is 5.82 Å². The lowest BCUT2D eigenvalue weighted by molar-refractivity contribution is 0.545. The Hall–Kier alpha value is -0.990. The topological polar surface area (TPSA) is 54.7 Å². The van der Waals surface area contributed by atoms with Crippen molar-refractivity contribution in [1.29, 1.82) is 0 Å². The van der Waals surface area contributed by atoms with Crippen LogP contribution in [-0.4, -0.2) is 10.2 Å². The minimum Gasteiger partial charge on any atom is -0.382 e. The molecule has 0 aliphatic carbocycles. The molecule has 0 radical (unpaired) electrons. The Morgan fingerprint density at radius 3 is 2.47 bits per heavy atom. The summed E-state index contributed by atoms with van der Waals surface area (Å²) in [7, 11) is 0. The van der Waals surface area contributed by atoms with Crippen molar-refractivity contribution in [3.05, 3.63) is 11.3 Å². The number of nitrogens with one attached hydrogen (secondary N) is 1. The van der Waals surface area contributed by atoms with Crippen LogP contribution in [0.15, 0.2) is 0 Å². The van der Waals surface area contributed by atoms with Crippen molar-refractivity contribution in [3.63, 3.8) is 0 Å². The first-order valence-electron chi connectivity index (χ1n) is 5.86. The first-order chi connectivity index (χ1) is 7.04. The van der Waals surface area contributed by atoms with Crippen molar-refractivity contribution < 1.29 is 0 Å². The molecule has 0 aliphatic rings. The third-order valence-corrected chi connectivity index (χ3v) is 2.85. The number of aromatic amines is 1. The van der Waals surface area contributed by atoms with Crippen LogP contribution in [0.4, 0.5) is 5.82 Å². The Morgan fingerprint density at radius 2 is 1.93 bits per heavy atom. The van der Waals surface area contributed by atoms with Gasteiger partial charge in [0.25, 0.3) is 0 Å². The number of nitrogens with zero attached hydrogens (tertiary/aromatic N) is 1. The molecular formula is C12H23N3. The highest BCUT2D eigenvalue weighted by molar-refractivity contribution is 5.42. The zero-order valence-electron chi connectivity index (χ0n) is 10.3. The van der Waals surface area contributed by atoms with Gasteiger partial charge in [-0.05, 0) is 24.7 Å². The Morgan fingerprint density at radius 1 is 1.27 bits per heavy atom. The molecule has 3 heteroatoms. The van der Waals surface area contributed by atoms with E-state index in [-0.39, 0.29) is 0 Å². The molecule has 1 heterocycles. The Labute approximate surface area is 92.5 Å². The third kappa shape index (κ3) is 3.26. The molecule has 86 valence electrons. The van der Waals surface area contributed by atoms with Crippen LogP contribution in [0.1, 0.15) is 45.4 Å². The van der Waals surface area contributed by atoms with Gasteiger partial charge in [-0.2, -0.15) is 5.10 Å². The van der Waals surface area contributed by atoms with E-state index in [4.69, 9.17) is 5.73 Å². The highest BCUT2D eigenvalue weighted by Gasteiger charge is 2.13. The summed E-state index contributed by atoms with van der Waals surface area (Å²) >= 11 is 0. The van der Waals surface area contributed by atoms with Gasteiger partial charge >= 0.3 is 0 Å². The minimum absolute atomic E-state index is 0.626.